The number of hydrogen-bond acceptors (Lipinski definition) is 6. The molecule has 0 heterocycles. The first-order valence-corrected chi connectivity index (χ1v) is 8.76. The van der Waals surface area contributed by atoms with Gasteiger partial charge in [-0.3, -0.25) is 14.9 Å². The minimum absolute atomic E-state index is 0.0872. The molecular weight excluding hydrogens is 340 g/mol. The van der Waals surface area contributed by atoms with Crippen LogP contribution in [0.25, 0.3) is 0 Å². The van der Waals surface area contributed by atoms with Crippen molar-refractivity contribution in [2.45, 2.75) is 57.6 Å². The van der Waals surface area contributed by atoms with Crippen LogP contribution in [0.4, 0.5) is 5.69 Å². The molecule has 0 spiro atoms. The fourth-order valence-corrected chi connectivity index (χ4v) is 2.99. The molecule has 0 saturated heterocycles. The van der Waals surface area contributed by atoms with Crippen LogP contribution >= 0.6 is 0 Å². The van der Waals surface area contributed by atoms with Crippen LogP contribution in [0, 0.1) is 10.1 Å². The van der Waals surface area contributed by atoms with Gasteiger partial charge in [-0.05, 0) is 25.8 Å². The van der Waals surface area contributed by atoms with E-state index >= 15 is 0 Å². The van der Waals surface area contributed by atoms with Crippen molar-refractivity contribution in [2.75, 3.05) is 7.11 Å². The van der Waals surface area contributed by atoms with Crippen LogP contribution in [0.3, 0.4) is 0 Å². The zero-order valence-corrected chi connectivity index (χ0v) is 15.0. The minimum Gasteiger partial charge on any atom is -0.496 e. The van der Waals surface area contributed by atoms with Crippen molar-refractivity contribution in [3.63, 3.8) is 0 Å². The molecule has 1 aromatic carbocycles. The average Bonchev–Trinajstić information content (AvgIpc) is 2.89. The number of carbonyl (C=O) groups is 2. The van der Waals surface area contributed by atoms with Crippen LogP contribution in [-0.2, 0) is 9.53 Å². The van der Waals surface area contributed by atoms with E-state index in [4.69, 9.17) is 9.47 Å². The molecule has 26 heavy (non-hydrogen) atoms. The molecular formula is C18H24N2O6. The van der Waals surface area contributed by atoms with Gasteiger partial charge in [0.25, 0.3) is 11.6 Å². The Kier molecular flexibility index (Phi) is 6.94. The third-order valence-electron chi connectivity index (χ3n) is 4.47. The van der Waals surface area contributed by atoms with Gasteiger partial charge >= 0.3 is 5.97 Å². The second-order valence-corrected chi connectivity index (χ2v) is 6.39. The molecule has 8 nitrogen and oxygen atoms in total. The number of ether oxygens (including phenoxy) is 2. The number of esters is 1. The van der Waals surface area contributed by atoms with Crippen LogP contribution in [0.1, 0.15) is 55.8 Å². The summed E-state index contributed by atoms with van der Waals surface area (Å²) < 4.78 is 10.2. The predicted molar refractivity (Wildman–Crippen MR) is 94.2 cm³/mol. The highest BCUT2D eigenvalue weighted by molar-refractivity contribution is 5.95. The lowest BCUT2D eigenvalue weighted by molar-refractivity contribution is -0.384. The maximum atomic E-state index is 12.4. The van der Waals surface area contributed by atoms with Gasteiger partial charge in [-0.1, -0.05) is 25.7 Å². The van der Waals surface area contributed by atoms with Crippen LogP contribution in [-0.4, -0.2) is 36.1 Å². The molecule has 1 amide bonds. The van der Waals surface area contributed by atoms with Crippen molar-refractivity contribution in [1.82, 2.24) is 5.32 Å². The SMILES string of the molecule is COc1ccc([N+](=O)[O-])cc1C(=O)O[C@H](C)C(=O)NC1CCCCCC1. The summed E-state index contributed by atoms with van der Waals surface area (Å²) in [5.41, 5.74) is -0.343. The lowest BCUT2D eigenvalue weighted by atomic mass is 10.1. The molecule has 142 valence electrons. The summed E-state index contributed by atoms with van der Waals surface area (Å²) in [5, 5.41) is 13.8. The van der Waals surface area contributed by atoms with Gasteiger partial charge in [0, 0.05) is 18.2 Å². The fourth-order valence-electron chi connectivity index (χ4n) is 2.99. The third kappa shape index (κ3) is 5.18. The molecule has 1 aromatic rings. The summed E-state index contributed by atoms with van der Waals surface area (Å²) in [6, 6.07) is 3.73. The predicted octanol–water partition coefficient (Wildman–Crippen LogP) is 2.99. The van der Waals surface area contributed by atoms with E-state index in [-0.39, 0.29) is 28.9 Å². The first-order chi connectivity index (χ1) is 12.4. The van der Waals surface area contributed by atoms with E-state index in [1.165, 1.54) is 39.0 Å². The number of methoxy groups -OCH3 is 1. The molecule has 0 aliphatic heterocycles. The second-order valence-electron chi connectivity index (χ2n) is 6.39. The Morgan fingerprint density at radius 2 is 1.88 bits per heavy atom. The standard InChI is InChI=1S/C18H24N2O6/c1-12(17(21)19-13-7-5-3-4-6-8-13)26-18(22)15-11-14(20(23)24)9-10-16(15)25-2/h9-13H,3-8H2,1-2H3,(H,19,21)/t12-/m1/s1. The highest BCUT2D eigenvalue weighted by atomic mass is 16.6. The van der Waals surface area contributed by atoms with Crippen LogP contribution < -0.4 is 10.1 Å². The summed E-state index contributed by atoms with van der Waals surface area (Å²) in [7, 11) is 1.35. The van der Waals surface area contributed by atoms with Crippen LogP contribution in [0.5, 0.6) is 5.75 Å². The summed E-state index contributed by atoms with van der Waals surface area (Å²) in [6.07, 6.45) is 5.33. The molecule has 1 fully saturated rings. The van der Waals surface area contributed by atoms with E-state index in [1.807, 2.05) is 0 Å². The van der Waals surface area contributed by atoms with Crippen molar-refractivity contribution in [3.05, 3.63) is 33.9 Å². The van der Waals surface area contributed by atoms with Crippen molar-refractivity contribution in [2.24, 2.45) is 0 Å². The Bertz CT molecular complexity index is 668. The lowest BCUT2D eigenvalue weighted by Gasteiger charge is -2.20. The van der Waals surface area contributed by atoms with E-state index < -0.39 is 17.0 Å². The molecule has 0 radical (unpaired) electrons. The van der Waals surface area contributed by atoms with Gasteiger partial charge in [0.05, 0.1) is 12.0 Å². The maximum Gasteiger partial charge on any atom is 0.342 e. The molecule has 0 unspecified atom stereocenters. The summed E-state index contributed by atoms with van der Waals surface area (Å²) in [6.45, 7) is 1.48. The van der Waals surface area contributed by atoms with E-state index in [1.54, 1.807) is 0 Å². The molecule has 1 atom stereocenters. The van der Waals surface area contributed by atoms with Gasteiger partial charge in [0.15, 0.2) is 6.10 Å². The Hall–Kier alpha value is -2.64. The van der Waals surface area contributed by atoms with E-state index in [0.717, 1.165) is 31.7 Å². The highest BCUT2D eigenvalue weighted by Gasteiger charge is 2.25. The summed E-state index contributed by atoms with van der Waals surface area (Å²) in [4.78, 5) is 34.9. The fraction of sp³-hybridized carbons (Fsp3) is 0.556. The molecule has 1 aliphatic carbocycles. The third-order valence-corrected chi connectivity index (χ3v) is 4.47. The van der Waals surface area contributed by atoms with Gasteiger partial charge in [0.2, 0.25) is 0 Å². The number of nitrogens with zero attached hydrogens (tertiary/aromatic N) is 1. The van der Waals surface area contributed by atoms with Gasteiger partial charge in [-0.25, -0.2) is 4.79 Å². The molecule has 1 saturated carbocycles. The first kappa shape index (κ1) is 19.7. The quantitative estimate of drug-likeness (QED) is 0.360. The number of non-ortho nitro benzene ring substituents is 1. The summed E-state index contributed by atoms with van der Waals surface area (Å²) in [5.74, 6) is -1.05. The van der Waals surface area contributed by atoms with Crippen molar-refractivity contribution >= 4 is 17.6 Å². The topological polar surface area (TPSA) is 108 Å². The monoisotopic (exact) mass is 364 g/mol. The number of rotatable bonds is 6. The largest absolute Gasteiger partial charge is 0.496 e. The molecule has 8 heteroatoms. The number of nitrogens with one attached hydrogen (secondary N) is 1. The normalized spacial score (nSPS) is 16.2. The van der Waals surface area contributed by atoms with Crippen LogP contribution in [0.2, 0.25) is 0 Å². The van der Waals surface area contributed by atoms with Crippen LogP contribution in [0.15, 0.2) is 18.2 Å². The zero-order chi connectivity index (χ0) is 19.1. The van der Waals surface area contributed by atoms with Gasteiger partial charge < -0.3 is 14.8 Å². The first-order valence-electron chi connectivity index (χ1n) is 8.76. The lowest BCUT2D eigenvalue weighted by Crippen LogP contribution is -2.41. The van der Waals surface area contributed by atoms with E-state index in [9.17, 15) is 19.7 Å². The van der Waals surface area contributed by atoms with Gasteiger partial charge in [-0.2, -0.15) is 0 Å². The number of nitro benzene ring substituents is 1. The zero-order valence-electron chi connectivity index (χ0n) is 15.0. The molecule has 2 rings (SSSR count). The van der Waals surface area contributed by atoms with Crippen molar-refractivity contribution in [3.8, 4) is 5.75 Å². The van der Waals surface area contributed by atoms with Crippen molar-refractivity contribution in [1.29, 1.82) is 0 Å². The second kappa shape index (κ2) is 9.17. The molecule has 1 aliphatic rings. The number of carbonyl (C=O) groups excluding carboxylic acids is 2. The molecule has 1 N–H and O–H groups in total. The van der Waals surface area contributed by atoms with E-state index in [0.29, 0.717) is 0 Å². The number of hydrogen-bond donors (Lipinski definition) is 1. The molecule has 0 bridgehead atoms. The summed E-state index contributed by atoms with van der Waals surface area (Å²) >= 11 is 0. The highest BCUT2D eigenvalue weighted by Crippen LogP contribution is 2.25. The smallest absolute Gasteiger partial charge is 0.342 e. The Labute approximate surface area is 152 Å². The molecule has 0 aromatic heterocycles. The van der Waals surface area contributed by atoms with Gasteiger partial charge in [0.1, 0.15) is 11.3 Å². The number of nitro groups is 1. The average molecular weight is 364 g/mol. The van der Waals surface area contributed by atoms with Gasteiger partial charge in [-0.15, -0.1) is 0 Å². The van der Waals surface area contributed by atoms with E-state index in [2.05, 4.69) is 5.32 Å². The Balaban J connectivity index is 2.02. The Morgan fingerprint density at radius 1 is 1.23 bits per heavy atom. The number of amides is 1. The maximum absolute atomic E-state index is 12.4. The number of benzene rings is 1. The minimum atomic E-state index is -1.00. The Morgan fingerprint density at radius 3 is 2.46 bits per heavy atom. The van der Waals surface area contributed by atoms with Crippen molar-refractivity contribution < 1.29 is 24.0 Å².